The van der Waals surface area contributed by atoms with Crippen molar-refractivity contribution in [3.8, 4) is 0 Å². The summed E-state index contributed by atoms with van der Waals surface area (Å²) in [6.45, 7) is 0. The van der Waals surface area contributed by atoms with Crippen molar-refractivity contribution >= 4 is 15.4 Å². The fraction of sp³-hybridized carbons (Fsp3) is 0.263. The van der Waals surface area contributed by atoms with Gasteiger partial charge in [-0.05, 0) is 61.1 Å². The molecule has 0 N–H and O–H groups in total. The fourth-order valence-corrected chi connectivity index (χ4v) is 4.53. The maximum atomic E-state index is 13.2. The van der Waals surface area contributed by atoms with E-state index >= 15 is 0 Å². The molecule has 2 aromatic rings. The summed E-state index contributed by atoms with van der Waals surface area (Å²) in [6.07, 6.45) is 4.03. The van der Waals surface area contributed by atoms with Crippen LogP contribution in [0.2, 0.25) is 0 Å². The molecule has 1 aliphatic rings. The smallest absolute Gasteiger partial charge is 0.182 e. The first-order valence-electron chi connectivity index (χ1n) is 7.81. The van der Waals surface area contributed by atoms with Gasteiger partial charge in [-0.15, -0.1) is 0 Å². The summed E-state index contributed by atoms with van der Waals surface area (Å²) in [5, 5.41) is 0. The summed E-state index contributed by atoms with van der Waals surface area (Å²) >= 11 is 0. The standard InChI is InChI=1S/C19H19FO2S/c20-17-12-10-16(11-13-17)19(15-6-4-5-7-15)14-23(21,22)18-8-2-1-3-9-18/h1-3,8-13H,4-7,14H2. The molecule has 23 heavy (non-hydrogen) atoms. The highest BCUT2D eigenvalue weighted by molar-refractivity contribution is 7.91. The van der Waals surface area contributed by atoms with Crippen molar-refractivity contribution in [2.45, 2.75) is 30.6 Å². The van der Waals surface area contributed by atoms with Gasteiger partial charge in [-0.3, -0.25) is 0 Å². The maximum Gasteiger partial charge on any atom is 0.182 e. The highest BCUT2D eigenvalue weighted by Crippen LogP contribution is 2.33. The highest BCUT2D eigenvalue weighted by Gasteiger charge is 2.22. The van der Waals surface area contributed by atoms with Crippen LogP contribution < -0.4 is 0 Å². The molecule has 0 amide bonds. The molecule has 2 aromatic carbocycles. The number of allylic oxidation sites excluding steroid dienone is 1. The Morgan fingerprint density at radius 1 is 0.913 bits per heavy atom. The lowest BCUT2D eigenvalue weighted by atomic mass is 10.0. The third-order valence-electron chi connectivity index (χ3n) is 4.26. The Morgan fingerprint density at radius 3 is 2.13 bits per heavy atom. The number of sulfone groups is 1. The minimum absolute atomic E-state index is 0.0298. The van der Waals surface area contributed by atoms with Crippen molar-refractivity contribution in [1.29, 1.82) is 0 Å². The molecule has 0 aliphatic heterocycles. The van der Waals surface area contributed by atoms with E-state index in [0.29, 0.717) is 4.90 Å². The van der Waals surface area contributed by atoms with E-state index in [4.69, 9.17) is 0 Å². The Balaban J connectivity index is 2.00. The molecule has 2 nitrogen and oxygen atoms in total. The minimum atomic E-state index is -3.41. The van der Waals surface area contributed by atoms with E-state index in [1.165, 1.54) is 17.7 Å². The zero-order chi connectivity index (χ0) is 16.3. The van der Waals surface area contributed by atoms with Gasteiger partial charge in [0.25, 0.3) is 0 Å². The second kappa shape index (κ2) is 6.67. The summed E-state index contributed by atoms with van der Waals surface area (Å²) in [7, 11) is -3.41. The SMILES string of the molecule is O=S(=O)(CC(=C1CCCC1)c1ccc(F)cc1)c1ccccc1. The molecule has 0 heterocycles. The molecular weight excluding hydrogens is 311 g/mol. The first-order chi connectivity index (χ1) is 11.1. The zero-order valence-corrected chi connectivity index (χ0v) is 13.7. The average Bonchev–Trinajstić information content (AvgIpc) is 3.09. The Labute approximate surface area is 136 Å². The largest absolute Gasteiger partial charge is 0.223 e. The van der Waals surface area contributed by atoms with Crippen LogP contribution in [0.4, 0.5) is 4.39 Å². The number of benzene rings is 2. The molecule has 0 spiro atoms. The van der Waals surface area contributed by atoms with Crippen LogP contribution in [0.5, 0.6) is 0 Å². The first-order valence-corrected chi connectivity index (χ1v) is 9.46. The molecule has 3 rings (SSSR count). The van der Waals surface area contributed by atoms with Crippen LogP contribution in [-0.4, -0.2) is 14.2 Å². The zero-order valence-electron chi connectivity index (χ0n) is 12.8. The van der Waals surface area contributed by atoms with Crippen molar-refractivity contribution in [3.05, 3.63) is 71.6 Å². The van der Waals surface area contributed by atoms with E-state index in [1.54, 1.807) is 42.5 Å². The van der Waals surface area contributed by atoms with Gasteiger partial charge in [-0.2, -0.15) is 0 Å². The molecule has 1 aliphatic carbocycles. The summed E-state index contributed by atoms with van der Waals surface area (Å²) in [6, 6.07) is 14.6. The van der Waals surface area contributed by atoms with Gasteiger partial charge in [-0.25, -0.2) is 12.8 Å². The molecule has 0 atom stereocenters. The van der Waals surface area contributed by atoms with Crippen LogP contribution in [0, 0.1) is 5.82 Å². The lowest BCUT2D eigenvalue weighted by Crippen LogP contribution is -2.10. The maximum absolute atomic E-state index is 13.2. The molecule has 0 radical (unpaired) electrons. The molecule has 0 unspecified atom stereocenters. The Bertz CT molecular complexity index is 798. The predicted molar refractivity (Wildman–Crippen MR) is 90.3 cm³/mol. The second-order valence-corrected chi connectivity index (χ2v) is 7.86. The van der Waals surface area contributed by atoms with Crippen LogP contribution in [0.3, 0.4) is 0 Å². The van der Waals surface area contributed by atoms with Crippen LogP contribution in [0.15, 0.2) is 65.1 Å². The topological polar surface area (TPSA) is 34.1 Å². The summed E-state index contributed by atoms with van der Waals surface area (Å²) in [5.74, 6) is -0.340. The molecule has 0 saturated heterocycles. The van der Waals surface area contributed by atoms with Crippen LogP contribution >= 0.6 is 0 Å². The van der Waals surface area contributed by atoms with Crippen molar-refractivity contribution in [3.63, 3.8) is 0 Å². The van der Waals surface area contributed by atoms with Gasteiger partial charge in [0.2, 0.25) is 0 Å². The Kier molecular flexibility index (Phi) is 4.62. The summed E-state index contributed by atoms with van der Waals surface area (Å²) in [5.41, 5.74) is 2.84. The lowest BCUT2D eigenvalue weighted by molar-refractivity contribution is 0.599. The van der Waals surface area contributed by atoms with Crippen molar-refractivity contribution in [2.75, 3.05) is 5.75 Å². The van der Waals surface area contributed by atoms with Gasteiger partial charge >= 0.3 is 0 Å². The van der Waals surface area contributed by atoms with Crippen molar-refractivity contribution in [1.82, 2.24) is 0 Å². The van der Waals surface area contributed by atoms with E-state index in [2.05, 4.69) is 0 Å². The van der Waals surface area contributed by atoms with Gasteiger partial charge in [0, 0.05) is 0 Å². The minimum Gasteiger partial charge on any atom is -0.223 e. The lowest BCUT2D eigenvalue weighted by Gasteiger charge is -2.13. The van der Waals surface area contributed by atoms with Crippen LogP contribution in [0.25, 0.3) is 5.57 Å². The molecule has 120 valence electrons. The number of hydrogen-bond acceptors (Lipinski definition) is 2. The van der Waals surface area contributed by atoms with Crippen LogP contribution in [0.1, 0.15) is 31.2 Å². The number of rotatable bonds is 4. The quantitative estimate of drug-likeness (QED) is 0.819. The van der Waals surface area contributed by atoms with E-state index in [9.17, 15) is 12.8 Å². The van der Waals surface area contributed by atoms with Gasteiger partial charge in [-0.1, -0.05) is 35.9 Å². The van der Waals surface area contributed by atoms with E-state index in [0.717, 1.165) is 36.8 Å². The normalized spacial score (nSPS) is 14.9. The third kappa shape index (κ3) is 3.70. The van der Waals surface area contributed by atoms with E-state index in [1.807, 2.05) is 0 Å². The molecule has 0 bridgehead atoms. The third-order valence-corrected chi connectivity index (χ3v) is 5.92. The second-order valence-electron chi connectivity index (χ2n) is 5.87. The van der Waals surface area contributed by atoms with E-state index in [-0.39, 0.29) is 11.6 Å². The predicted octanol–water partition coefficient (Wildman–Crippen LogP) is 4.63. The average molecular weight is 330 g/mol. The fourth-order valence-electron chi connectivity index (χ4n) is 3.05. The van der Waals surface area contributed by atoms with E-state index < -0.39 is 9.84 Å². The Hall–Kier alpha value is -1.94. The molecular formula is C19H19FO2S. The molecule has 1 fully saturated rings. The molecule has 0 aromatic heterocycles. The highest BCUT2D eigenvalue weighted by atomic mass is 32.2. The Morgan fingerprint density at radius 2 is 1.52 bits per heavy atom. The molecule has 4 heteroatoms. The monoisotopic (exact) mass is 330 g/mol. The molecule has 1 saturated carbocycles. The number of halogens is 1. The number of hydrogen-bond donors (Lipinski definition) is 0. The van der Waals surface area contributed by atoms with Gasteiger partial charge in [0.1, 0.15) is 5.82 Å². The summed E-state index contributed by atoms with van der Waals surface area (Å²) < 4.78 is 38.7. The first kappa shape index (κ1) is 15.9. The van der Waals surface area contributed by atoms with Gasteiger partial charge < -0.3 is 0 Å². The van der Waals surface area contributed by atoms with Crippen LogP contribution in [-0.2, 0) is 9.84 Å². The van der Waals surface area contributed by atoms with Gasteiger partial charge in [0.05, 0.1) is 10.6 Å². The van der Waals surface area contributed by atoms with Crippen molar-refractivity contribution < 1.29 is 12.8 Å². The van der Waals surface area contributed by atoms with Gasteiger partial charge in [0.15, 0.2) is 9.84 Å². The van der Waals surface area contributed by atoms with Crippen molar-refractivity contribution in [2.24, 2.45) is 0 Å². The summed E-state index contributed by atoms with van der Waals surface area (Å²) in [4.78, 5) is 0.332.